The maximum Gasteiger partial charge on any atom is 0.251 e. The highest BCUT2D eigenvalue weighted by atomic mass is 32.2. The number of aromatic nitrogens is 1. The predicted octanol–water partition coefficient (Wildman–Crippen LogP) is 3.13. The van der Waals surface area contributed by atoms with Crippen molar-refractivity contribution in [3.05, 3.63) is 89.7 Å². The third-order valence-corrected chi connectivity index (χ3v) is 6.85. The smallest absolute Gasteiger partial charge is 0.251 e. The number of ether oxygens (including phenoxy) is 1. The zero-order valence-corrected chi connectivity index (χ0v) is 17.7. The molecule has 1 aliphatic heterocycles. The van der Waals surface area contributed by atoms with Crippen molar-refractivity contribution in [3.63, 3.8) is 0 Å². The number of carbonyl (C=O) groups excluding carboxylic acids is 1. The summed E-state index contributed by atoms with van der Waals surface area (Å²) in [4.78, 5) is 16.8. The van der Waals surface area contributed by atoms with Gasteiger partial charge in [0.15, 0.2) is 0 Å². The van der Waals surface area contributed by atoms with Crippen LogP contribution in [0.25, 0.3) is 0 Å². The fraction of sp³-hybridized carbons (Fsp3) is 0.217. The lowest BCUT2D eigenvalue weighted by atomic mass is 10.1. The maximum atomic E-state index is 12.6. The van der Waals surface area contributed by atoms with Crippen LogP contribution in [0.5, 0.6) is 5.75 Å². The normalized spacial score (nSPS) is 14.9. The number of anilines is 1. The summed E-state index contributed by atoms with van der Waals surface area (Å²) in [6.07, 6.45) is 2.32. The highest BCUT2D eigenvalue weighted by Gasteiger charge is 2.28. The van der Waals surface area contributed by atoms with Crippen LogP contribution in [0.4, 0.5) is 5.69 Å². The molecule has 0 atom stereocenters. The molecule has 2 heterocycles. The van der Waals surface area contributed by atoms with Gasteiger partial charge in [-0.15, -0.1) is 0 Å². The SMILES string of the molecule is O=C(NCc1ccc(OCc2ccccn2)cc1)c1cccc(N2CCCS2(=O)=O)c1. The number of sulfonamides is 1. The van der Waals surface area contributed by atoms with E-state index in [1.165, 1.54) is 4.31 Å². The van der Waals surface area contributed by atoms with Crippen molar-refractivity contribution < 1.29 is 17.9 Å². The van der Waals surface area contributed by atoms with Gasteiger partial charge in [-0.3, -0.25) is 14.1 Å². The molecule has 8 heteroatoms. The molecule has 0 bridgehead atoms. The van der Waals surface area contributed by atoms with Crippen LogP contribution in [0.2, 0.25) is 0 Å². The van der Waals surface area contributed by atoms with Gasteiger partial charge in [-0.25, -0.2) is 8.42 Å². The van der Waals surface area contributed by atoms with Crippen LogP contribution in [0.15, 0.2) is 72.9 Å². The molecule has 1 fully saturated rings. The first-order valence-corrected chi connectivity index (χ1v) is 11.6. The Hall–Kier alpha value is -3.39. The number of benzene rings is 2. The van der Waals surface area contributed by atoms with E-state index in [1.54, 1.807) is 30.5 Å². The lowest BCUT2D eigenvalue weighted by molar-refractivity contribution is 0.0951. The zero-order valence-electron chi connectivity index (χ0n) is 16.9. The molecular weight excluding hydrogens is 414 g/mol. The molecule has 3 aromatic rings. The van der Waals surface area contributed by atoms with Crippen molar-refractivity contribution in [3.8, 4) is 5.75 Å². The molecule has 160 valence electrons. The molecule has 0 saturated carbocycles. The molecule has 0 unspecified atom stereocenters. The monoisotopic (exact) mass is 437 g/mol. The average Bonchev–Trinajstić information content (AvgIpc) is 3.16. The number of carbonyl (C=O) groups is 1. The number of pyridine rings is 1. The van der Waals surface area contributed by atoms with E-state index in [0.29, 0.717) is 37.4 Å². The Kier molecular flexibility index (Phi) is 6.18. The predicted molar refractivity (Wildman–Crippen MR) is 118 cm³/mol. The average molecular weight is 438 g/mol. The summed E-state index contributed by atoms with van der Waals surface area (Å²) in [5.41, 5.74) is 2.73. The molecule has 0 aliphatic carbocycles. The van der Waals surface area contributed by atoms with Crippen molar-refractivity contribution in [1.29, 1.82) is 0 Å². The fourth-order valence-corrected chi connectivity index (χ4v) is 4.92. The van der Waals surface area contributed by atoms with E-state index in [1.807, 2.05) is 42.5 Å². The van der Waals surface area contributed by atoms with Gasteiger partial charge in [0.2, 0.25) is 10.0 Å². The first-order valence-electron chi connectivity index (χ1n) is 10.0. The Balaban J connectivity index is 1.33. The fourth-order valence-electron chi connectivity index (χ4n) is 3.36. The summed E-state index contributed by atoms with van der Waals surface area (Å²) < 4.78 is 31.3. The highest BCUT2D eigenvalue weighted by Crippen LogP contribution is 2.24. The third-order valence-electron chi connectivity index (χ3n) is 4.98. The van der Waals surface area contributed by atoms with Crippen LogP contribution in [0.1, 0.15) is 28.0 Å². The minimum absolute atomic E-state index is 0.144. The van der Waals surface area contributed by atoms with Crippen molar-refractivity contribution >= 4 is 21.6 Å². The Morgan fingerprint density at radius 2 is 1.90 bits per heavy atom. The van der Waals surface area contributed by atoms with E-state index in [4.69, 9.17) is 4.74 Å². The molecule has 1 aliphatic rings. The summed E-state index contributed by atoms with van der Waals surface area (Å²) in [5.74, 6) is 0.611. The van der Waals surface area contributed by atoms with Gasteiger partial charge in [-0.05, 0) is 54.4 Å². The molecule has 1 aromatic heterocycles. The van der Waals surface area contributed by atoms with E-state index in [2.05, 4.69) is 10.3 Å². The number of nitrogens with zero attached hydrogens (tertiary/aromatic N) is 2. The second-order valence-corrected chi connectivity index (χ2v) is 9.24. The Morgan fingerprint density at radius 1 is 1.06 bits per heavy atom. The van der Waals surface area contributed by atoms with Gasteiger partial charge in [0.25, 0.3) is 5.91 Å². The largest absolute Gasteiger partial charge is 0.487 e. The van der Waals surface area contributed by atoms with Crippen LogP contribution in [0, 0.1) is 0 Å². The highest BCUT2D eigenvalue weighted by molar-refractivity contribution is 7.93. The minimum Gasteiger partial charge on any atom is -0.487 e. The van der Waals surface area contributed by atoms with Crippen LogP contribution < -0.4 is 14.4 Å². The second-order valence-electron chi connectivity index (χ2n) is 7.23. The molecule has 1 N–H and O–H groups in total. The van der Waals surface area contributed by atoms with Gasteiger partial charge in [-0.2, -0.15) is 0 Å². The van der Waals surface area contributed by atoms with Crippen LogP contribution in [-0.2, 0) is 23.2 Å². The van der Waals surface area contributed by atoms with Crippen molar-refractivity contribution in [1.82, 2.24) is 10.3 Å². The van der Waals surface area contributed by atoms with E-state index in [-0.39, 0.29) is 11.7 Å². The van der Waals surface area contributed by atoms with E-state index >= 15 is 0 Å². The van der Waals surface area contributed by atoms with Crippen molar-refractivity contribution in [2.45, 2.75) is 19.6 Å². The topological polar surface area (TPSA) is 88.6 Å². The number of rotatable bonds is 7. The number of nitrogens with one attached hydrogen (secondary N) is 1. The molecule has 1 amide bonds. The van der Waals surface area contributed by atoms with Gasteiger partial charge < -0.3 is 10.1 Å². The number of hydrogen-bond donors (Lipinski definition) is 1. The van der Waals surface area contributed by atoms with Crippen molar-refractivity contribution in [2.75, 3.05) is 16.6 Å². The van der Waals surface area contributed by atoms with E-state index in [0.717, 1.165) is 17.0 Å². The Morgan fingerprint density at radius 3 is 2.61 bits per heavy atom. The van der Waals surface area contributed by atoms with Gasteiger partial charge in [-0.1, -0.05) is 24.3 Å². The first-order chi connectivity index (χ1) is 15.0. The van der Waals surface area contributed by atoms with Gasteiger partial charge in [0.1, 0.15) is 12.4 Å². The number of amides is 1. The van der Waals surface area contributed by atoms with Gasteiger partial charge in [0, 0.05) is 24.8 Å². The Labute approximate surface area is 181 Å². The molecule has 1 saturated heterocycles. The molecule has 0 spiro atoms. The molecule has 31 heavy (non-hydrogen) atoms. The summed E-state index contributed by atoms with van der Waals surface area (Å²) >= 11 is 0. The van der Waals surface area contributed by atoms with E-state index < -0.39 is 10.0 Å². The molecular formula is C23H23N3O4S. The quantitative estimate of drug-likeness (QED) is 0.614. The van der Waals surface area contributed by atoms with Crippen LogP contribution >= 0.6 is 0 Å². The molecule has 2 aromatic carbocycles. The summed E-state index contributed by atoms with van der Waals surface area (Å²) in [5, 5.41) is 2.87. The molecule has 7 nitrogen and oxygen atoms in total. The minimum atomic E-state index is -3.28. The molecule has 0 radical (unpaired) electrons. The first kappa shape index (κ1) is 20.9. The lowest BCUT2D eigenvalue weighted by Crippen LogP contribution is -2.26. The maximum absolute atomic E-state index is 12.6. The third kappa shape index (κ3) is 5.21. The lowest BCUT2D eigenvalue weighted by Gasteiger charge is -2.17. The van der Waals surface area contributed by atoms with Crippen molar-refractivity contribution in [2.24, 2.45) is 0 Å². The Bertz CT molecular complexity index is 1150. The summed E-state index contributed by atoms with van der Waals surface area (Å²) in [7, 11) is -3.28. The summed E-state index contributed by atoms with van der Waals surface area (Å²) in [6.45, 7) is 1.19. The van der Waals surface area contributed by atoms with Gasteiger partial charge >= 0.3 is 0 Å². The van der Waals surface area contributed by atoms with E-state index in [9.17, 15) is 13.2 Å². The number of hydrogen-bond acceptors (Lipinski definition) is 5. The van der Waals surface area contributed by atoms with Crippen LogP contribution in [0.3, 0.4) is 0 Å². The summed E-state index contributed by atoms with van der Waals surface area (Å²) in [6, 6.07) is 19.9. The van der Waals surface area contributed by atoms with Crippen LogP contribution in [-0.4, -0.2) is 31.6 Å². The van der Waals surface area contributed by atoms with Gasteiger partial charge in [0.05, 0.1) is 17.1 Å². The molecule has 4 rings (SSSR count). The zero-order chi connectivity index (χ0) is 21.7. The standard InChI is InChI=1S/C23H23N3O4S/c27-23(19-5-3-7-21(15-19)26-13-4-14-31(26,28)29)25-16-18-8-10-22(11-9-18)30-17-20-6-1-2-12-24-20/h1-3,5-12,15H,4,13-14,16-17H2,(H,25,27). The second kappa shape index (κ2) is 9.18.